The number of aromatic nitrogens is 3. The van der Waals surface area contributed by atoms with E-state index in [0.717, 1.165) is 23.4 Å². The highest BCUT2D eigenvalue weighted by Gasteiger charge is 2.24. The van der Waals surface area contributed by atoms with E-state index in [1.165, 1.54) is 18.5 Å². The SMILES string of the molecule is CCc1cncc(-c2ccc(C3CC3)nc2)n1. The van der Waals surface area contributed by atoms with Crippen LogP contribution in [-0.4, -0.2) is 15.0 Å². The first-order chi connectivity index (χ1) is 8.36. The van der Waals surface area contributed by atoms with Crippen molar-refractivity contribution in [3.8, 4) is 11.3 Å². The summed E-state index contributed by atoms with van der Waals surface area (Å²) in [5, 5.41) is 0. The summed E-state index contributed by atoms with van der Waals surface area (Å²) < 4.78 is 0. The summed E-state index contributed by atoms with van der Waals surface area (Å²) in [6.07, 6.45) is 9.02. The third-order valence-electron chi connectivity index (χ3n) is 3.12. The van der Waals surface area contributed by atoms with Crippen molar-refractivity contribution >= 4 is 0 Å². The van der Waals surface area contributed by atoms with Gasteiger partial charge in [-0.3, -0.25) is 9.97 Å². The van der Waals surface area contributed by atoms with Crippen LogP contribution >= 0.6 is 0 Å². The van der Waals surface area contributed by atoms with Crippen LogP contribution in [0.5, 0.6) is 0 Å². The summed E-state index contributed by atoms with van der Waals surface area (Å²) in [7, 11) is 0. The third-order valence-corrected chi connectivity index (χ3v) is 3.12. The van der Waals surface area contributed by atoms with Gasteiger partial charge >= 0.3 is 0 Å². The molecule has 0 unspecified atom stereocenters. The molecule has 1 fully saturated rings. The van der Waals surface area contributed by atoms with Gasteiger partial charge < -0.3 is 0 Å². The normalized spacial score (nSPS) is 14.9. The highest BCUT2D eigenvalue weighted by Crippen LogP contribution is 2.39. The van der Waals surface area contributed by atoms with Crippen molar-refractivity contribution in [2.75, 3.05) is 0 Å². The van der Waals surface area contributed by atoms with E-state index in [-0.39, 0.29) is 0 Å². The molecule has 1 saturated carbocycles. The largest absolute Gasteiger partial charge is 0.261 e. The zero-order valence-electron chi connectivity index (χ0n) is 9.93. The van der Waals surface area contributed by atoms with Crippen molar-refractivity contribution < 1.29 is 0 Å². The van der Waals surface area contributed by atoms with Crippen LogP contribution in [-0.2, 0) is 6.42 Å². The summed E-state index contributed by atoms with van der Waals surface area (Å²) in [4.78, 5) is 13.3. The highest BCUT2D eigenvalue weighted by molar-refractivity contribution is 5.57. The molecule has 0 atom stereocenters. The lowest BCUT2D eigenvalue weighted by Crippen LogP contribution is -1.93. The number of hydrogen-bond acceptors (Lipinski definition) is 3. The standard InChI is InChI=1S/C14H15N3/c1-2-12-8-15-9-14(17-12)11-5-6-13(16-7-11)10-3-4-10/h5-10H,2-4H2,1H3. The second kappa shape index (κ2) is 4.24. The number of hydrogen-bond donors (Lipinski definition) is 0. The predicted molar refractivity (Wildman–Crippen MR) is 66.6 cm³/mol. The van der Waals surface area contributed by atoms with E-state index < -0.39 is 0 Å². The fraction of sp³-hybridized carbons (Fsp3) is 0.357. The number of pyridine rings is 1. The number of nitrogens with zero attached hydrogens (tertiary/aromatic N) is 3. The predicted octanol–water partition coefficient (Wildman–Crippen LogP) is 2.98. The molecule has 3 heteroatoms. The Morgan fingerprint density at radius 3 is 2.71 bits per heavy atom. The Bertz CT molecular complexity index is 515. The fourth-order valence-electron chi connectivity index (χ4n) is 1.89. The molecular weight excluding hydrogens is 210 g/mol. The van der Waals surface area contributed by atoms with E-state index in [0.29, 0.717) is 5.92 Å². The van der Waals surface area contributed by atoms with Gasteiger partial charge in [0.15, 0.2) is 0 Å². The van der Waals surface area contributed by atoms with Crippen molar-refractivity contribution in [3.63, 3.8) is 0 Å². The molecule has 1 aliphatic carbocycles. The zero-order valence-corrected chi connectivity index (χ0v) is 9.93. The van der Waals surface area contributed by atoms with Gasteiger partial charge in [0.05, 0.1) is 17.6 Å². The molecule has 0 amide bonds. The fourth-order valence-corrected chi connectivity index (χ4v) is 1.89. The van der Waals surface area contributed by atoms with E-state index >= 15 is 0 Å². The van der Waals surface area contributed by atoms with Gasteiger partial charge in [0, 0.05) is 29.6 Å². The molecule has 17 heavy (non-hydrogen) atoms. The average molecular weight is 225 g/mol. The van der Waals surface area contributed by atoms with Crippen LogP contribution in [0.25, 0.3) is 11.3 Å². The Kier molecular flexibility index (Phi) is 2.59. The maximum Gasteiger partial charge on any atom is 0.0903 e. The van der Waals surface area contributed by atoms with Crippen LogP contribution in [0.15, 0.2) is 30.7 Å². The maximum absolute atomic E-state index is 4.55. The van der Waals surface area contributed by atoms with Gasteiger partial charge in [-0.2, -0.15) is 0 Å². The lowest BCUT2D eigenvalue weighted by Gasteiger charge is -2.03. The van der Waals surface area contributed by atoms with E-state index in [1.807, 2.05) is 12.4 Å². The van der Waals surface area contributed by atoms with Crippen molar-refractivity contribution in [3.05, 3.63) is 42.1 Å². The van der Waals surface area contributed by atoms with Crippen LogP contribution < -0.4 is 0 Å². The van der Waals surface area contributed by atoms with Crippen molar-refractivity contribution in [2.24, 2.45) is 0 Å². The average Bonchev–Trinajstić information content (AvgIpc) is 3.23. The summed E-state index contributed by atoms with van der Waals surface area (Å²) in [5.74, 6) is 0.706. The minimum atomic E-state index is 0.706. The van der Waals surface area contributed by atoms with Crippen LogP contribution in [0.4, 0.5) is 0 Å². The number of aryl methyl sites for hydroxylation is 1. The van der Waals surface area contributed by atoms with Gasteiger partial charge in [0.2, 0.25) is 0 Å². The summed E-state index contributed by atoms with van der Waals surface area (Å²) >= 11 is 0. The molecule has 3 rings (SSSR count). The molecule has 0 bridgehead atoms. The second-order valence-corrected chi connectivity index (χ2v) is 4.50. The minimum Gasteiger partial charge on any atom is -0.261 e. The molecule has 0 N–H and O–H groups in total. The molecule has 2 heterocycles. The molecule has 0 saturated heterocycles. The first-order valence-electron chi connectivity index (χ1n) is 6.14. The maximum atomic E-state index is 4.55. The topological polar surface area (TPSA) is 38.7 Å². The quantitative estimate of drug-likeness (QED) is 0.806. The molecule has 2 aromatic rings. The Hall–Kier alpha value is -1.77. The van der Waals surface area contributed by atoms with Gasteiger partial charge in [-0.05, 0) is 31.4 Å². The molecule has 1 aliphatic rings. The van der Waals surface area contributed by atoms with E-state index in [9.17, 15) is 0 Å². The van der Waals surface area contributed by atoms with Gasteiger partial charge in [-0.25, -0.2) is 4.98 Å². The molecule has 0 spiro atoms. The molecular formula is C14H15N3. The third kappa shape index (κ3) is 2.18. The van der Waals surface area contributed by atoms with Crippen LogP contribution in [0, 0.1) is 0 Å². The lowest BCUT2D eigenvalue weighted by atomic mass is 10.1. The van der Waals surface area contributed by atoms with E-state index in [2.05, 4.69) is 34.0 Å². The Morgan fingerprint density at radius 1 is 1.18 bits per heavy atom. The summed E-state index contributed by atoms with van der Waals surface area (Å²) in [6, 6.07) is 4.22. The first kappa shape index (κ1) is 10.4. The molecule has 0 aliphatic heterocycles. The molecule has 3 nitrogen and oxygen atoms in total. The van der Waals surface area contributed by atoms with E-state index in [1.54, 1.807) is 6.20 Å². The Morgan fingerprint density at radius 2 is 2.06 bits per heavy atom. The molecule has 0 aromatic carbocycles. The second-order valence-electron chi connectivity index (χ2n) is 4.50. The highest BCUT2D eigenvalue weighted by atomic mass is 14.8. The first-order valence-corrected chi connectivity index (χ1v) is 6.14. The Labute approximate surface area is 101 Å². The van der Waals surface area contributed by atoms with Crippen LogP contribution in [0.3, 0.4) is 0 Å². The van der Waals surface area contributed by atoms with Gasteiger partial charge in [-0.15, -0.1) is 0 Å². The minimum absolute atomic E-state index is 0.706. The van der Waals surface area contributed by atoms with Gasteiger partial charge in [0.25, 0.3) is 0 Å². The summed E-state index contributed by atoms with van der Waals surface area (Å²) in [5.41, 5.74) is 4.21. The monoisotopic (exact) mass is 225 g/mol. The molecule has 2 aromatic heterocycles. The zero-order chi connectivity index (χ0) is 11.7. The van der Waals surface area contributed by atoms with Crippen molar-refractivity contribution in [1.82, 2.24) is 15.0 Å². The van der Waals surface area contributed by atoms with Crippen molar-refractivity contribution in [2.45, 2.75) is 32.1 Å². The van der Waals surface area contributed by atoms with Gasteiger partial charge in [-0.1, -0.05) is 6.92 Å². The molecule has 86 valence electrons. The Balaban J connectivity index is 1.91. The summed E-state index contributed by atoms with van der Waals surface area (Å²) in [6.45, 7) is 2.09. The van der Waals surface area contributed by atoms with E-state index in [4.69, 9.17) is 0 Å². The van der Waals surface area contributed by atoms with Gasteiger partial charge in [0.1, 0.15) is 0 Å². The lowest BCUT2D eigenvalue weighted by molar-refractivity contribution is 0.996. The van der Waals surface area contributed by atoms with Crippen LogP contribution in [0.2, 0.25) is 0 Å². The molecule has 0 radical (unpaired) electrons. The van der Waals surface area contributed by atoms with Crippen LogP contribution in [0.1, 0.15) is 37.1 Å². The number of rotatable bonds is 3. The van der Waals surface area contributed by atoms with Crippen molar-refractivity contribution in [1.29, 1.82) is 0 Å². The smallest absolute Gasteiger partial charge is 0.0903 e.